The van der Waals surface area contributed by atoms with Crippen molar-refractivity contribution in [3.63, 3.8) is 0 Å². The topological polar surface area (TPSA) is 73.5 Å². The zero-order chi connectivity index (χ0) is 18.5. The van der Waals surface area contributed by atoms with Gasteiger partial charge in [0.1, 0.15) is 0 Å². The Morgan fingerprint density at radius 3 is 2.81 bits per heavy atom. The molecular formula is C19H21ClN4O2. The lowest BCUT2D eigenvalue weighted by Crippen LogP contribution is -2.28. The van der Waals surface area contributed by atoms with E-state index in [4.69, 9.17) is 11.6 Å². The van der Waals surface area contributed by atoms with Gasteiger partial charge in [0.05, 0.1) is 10.6 Å². The quantitative estimate of drug-likeness (QED) is 0.728. The molecule has 3 amide bonds. The highest BCUT2D eigenvalue weighted by Gasteiger charge is 2.23. The zero-order valence-electron chi connectivity index (χ0n) is 14.5. The minimum atomic E-state index is -0.305. The number of urea groups is 1. The number of carbonyl (C=O) groups excluding carboxylic acids is 2. The lowest BCUT2D eigenvalue weighted by atomic mass is 10.1. The number of anilines is 2. The van der Waals surface area contributed by atoms with Gasteiger partial charge in [-0.25, -0.2) is 4.79 Å². The van der Waals surface area contributed by atoms with E-state index >= 15 is 0 Å². The Labute approximate surface area is 157 Å². The lowest BCUT2D eigenvalue weighted by Gasteiger charge is -2.16. The summed E-state index contributed by atoms with van der Waals surface area (Å²) in [5, 5.41) is 9.26. The Morgan fingerprint density at radius 1 is 1.27 bits per heavy atom. The van der Waals surface area contributed by atoms with Crippen LogP contribution in [0.2, 0.25) is 5.02 Å². The molecule has 136 valence electrons. The summed E-state index contributed by atoms with van der Waals surface area (Å²) in [4.78, 5) is 26.2. The molecule has 0 saturated carbocycles. The second-order valence-corrected chi connectivity index (χ2v) is 6.35. The molecule has 2 aromatic rings. The standard InChI is InChI=1S/C19H21ClN4O2/c1-2-21-12-13-5-3-4-6-17(13)23-18(25)15-11-14(7-8-16(15)20)24-10-9-22-19(24)26/h3-8,11,21H,2,9-10,12H2,1H3,(H,22,26)(H,23,25). The van der Waals surface area contributed by atoms with Crippen LogP contribution < -0.4 is 20.9 Å². The predicted molar refractivity (Wildman–Crippen MR) is 104 cm³/mol. The van der Waals surface area contributed by atoms with Gasteiger partial charge in [-0.15, -0.1) is 0 Å². The van der Waals surface area contributed by atoms with Gasteiger partial charge in [0.2, 0.25) is 0 Å². The molecule has 0 aromatic heterocycles. The molecular weight excluding hydrogens is 352 g/mol. The Kier molecular flexibility index (Phi) is 5.75. The van der Waals surface area contributed by atoms with Crippen molar-refractivity contribution in [3.8, 4) is 0 Å². The van der Waals surface area contributed by atoms with Crippen molar-refractivity contribution in [2.75, 3.05) is 29.9 Å². The van der Waals surface area contributed by atoms with E-state index in [9.17, 15) is 9.59 Å². The van der Waals surface area contributed by atoms with E-state index in [1.54, 1.807) is 23.1 Å². The number of para-hydroxylation sites is 1. The van der Waals surface area contributed by atoms with E-state index in [2.05, 4.69) is 16.0 Å². The molecule has 0 aliphatic carbocycles. The van der Waals surface area contributed by atoms with Crippen LogP contribution in [0.1, 0.15) is 22.8 Å². The molecule has 6 nitrogen and oxygen atoms in total. The van der Waals surface area contributed by atoms with Gasteiger partial charge in [-0.1, -0.05) is 36.7 Å². The van der Waals surface area contributed by atoms with Crippen LogP contribution in [0.15, 0.2) is 42.5 Å². The number of nitrogens with one attached hydrogen (secondary N) is 3. The van der Waals surface area contributed by atoms with Crippen molar-refractivity contribution in [3.05, 3.63) is 58.6 Å². The van der Waals surface area contributed by atoms with Crippen molar-refractivity contribution in [2.24, 2.45) is 0 Å². The number of hydrogen-bond acceptors (Lipinski definition) is 3. The monoisotopic (exact) mass is 372 g/mol. The third-order valence-corrected chi connectivity index (χ3v) is 4.52. The van der Waals surface area contributed by atoms with Gasteiger partial charge in [0, 0.05) is 31.0 Å². The van der Waals surface area contributed by atoms with E-state index in [0.717, 1.165) is 17.8 Å². The van der Waals surface area contributed by atoms with Crippen molar-refractivity contribution >= 4 is 34.9 Å². The van der Waals surface area contributed by atoms with E-state index in [1.807, 2.05) is 31.2 Å². The van der Waals surface area contributed by atoms with E-state index < -0.39 is 0 Å². The van der Waals surface area contributed by atoms with Gasteiger partial charge in [0.15, 0.2) is 0 Å². The van der Waals surface area contributed by atoms with Gasteiger partial charge >= 0.3 is 6.03 Å². The maximum Gasteiger partial charge on any atom is 0.321 e. The normalized spacial score (nSPS) is 13.6. The van der Waals surface area contributed by atoms with Gasteiger partial charge in [-0.05, 0) is 36.4 Å². The summed E-state index contributed by atoms with van der Waals surface area (Å²) in [5.74, 6) is -0.305. The number of carbonyl (C=O) groups is 2. The van der Waals surface area contributed by atoms with E-state index in [0.29, 0.717) is 35.9 Å². The molecule has 26 heavy (non-hydrogen) atoms. The molecule has 0 radical (unpaired) electrons. The predicted octanol–water partition coefficient (Wildman–Crippen LogP) is 3.23. The first-order chi connectivity index (χ1) is 12.6. The highest BCUT2D eigenvalue weighted by atomic mass is 35.5. The summed E-state index contributed by atoms with van der Waals surface area (Å²) in [6, 6.07) is 12.5. The van der Waals surface area contributed by atoms with Crippen molar-refractivity contribution in [2.45, 2.75) is 13.5 Å². The second kappa shape index (κ2) is 8.21. The molecule has 3 N–H and O–H groups in total. The van der Waals surface area contributed by atoms with Gasteiger partial charge in [0.25, 0.3) is 5.91 Å². The average molecular weight is 373 g/mol. The number of nitrogens with zero attached hydrogens (tertiary/aromatic N) is 1. The van der Waals surface area contributed by atoms with Crippen molar-refractivity contribution < 1.29 is 9.59 Å². The van der Waals surface area contributed by atoms with E-state index in [-0.39, 0.29) is 11.9 Å². The van der Waals surface area contributed by atoms with Crippen LogP contribution in [0.3, 0.4) is 0 Å². The lowest BCUT2D eigenvalue weighted by molar-refractivity contribution is 0.102. The van der Waals surface area contributed by atoms with Crippen LogP contribution >= 0.6 is 11.6 Å². The zero-order valence-corrected chi connectivity index (χ0v) is 15.3. The molecule has 1 heterocycles. The first-order valence-corrected chi connectivity index (χ1v) is 8.93. The molecule has 3 rings (SSSR count). The minimum Gasteiger partial charge on any atom is -0.336 e. The molecule has 2 aromatic carbocycles. The fourth-order valence-electron chi connectivity index (χ4n) is 2.82. The highest BCUT2D eigenvalue weighted by Crippen LogP contribution is 2.26. The fourth-order valence-corrected chi connectivity index (χ4v) is 3.02. The fraction of sp³-hybridized carbons (Fsp3) is 0.263. The molecule has 1 aliphatic rings. The van der Waals surface area contributed by atoms with Crippen LogP contribution in [0, 0.1) is 0 Å². The molecule has 1 aliphatic heterocycles. The minimum absolute atomic E-state index is 0.172. The Morgan fingerprint density at radius 2 is 2.08 bits per heavy atom. The maximum absolute atomic E-state index is 12.8. The summed E-state index contributed by atoms with van der Waals surface area (Å²) in [6.07, 6.45) is 0. The van der Waals surface area contributed by atoms with Crippen LogP contribution in [0.5, 0.6) is 0 Å². The molecule has 0 atom stereocenters. The third-order valence-electron chi connectivity index (χ3n) is 4.19. The number of amides is 3. The summed E-state index contributed by atoms with van der Waals surface area (Å²) >= 11 is 6.23. The molecule has 7 heteroatoms. The summed E-state index contributed by atoms with van der Waals surface area (Å²) in [6.45, 7) is 4.68. The number of halogens is 1. The SMILES string of the molecule is CCNCc1ccccc1NC(=O)c1cc(N2CCNC2=O)ccc1Cl. The van der Waals surface area contributed by atoms with Crippen molar-refractivity contribution in [1.29, 1.82) is 0 Å². The van der Waals surface area contributed by atoms with Crippen LogP contribution in [0.25, 0.3) is 0 Å². The van der Waals surface area contributed by atoms with Gasteiger partial charge in [-0.2, -0.15) is 0 Å². The Hall–Kier alpha value is -2.57. The summed E-state index contributed by atoms with van der Waals surface area (Å²) < 4.78 is 0. The van der Waals surface area contributed by atoms with Gasteiger partial charge in [-0.3, -0.25) is 9.69 Å². The maximum atomic E-state index is 12.8. The smallest absolute Gasteiger partial charge is 0.321 e. The number of hydrogen-bond donors (Lipinski definition) is 3. The third kappa shape index (κ3) is 3.98. The highest BCUT2D eigenvalue weighted by molar-refractivity contribution is 6.34. The molecule has 0 bridgehead atoms. The van der Waals surface area contributed by atoms with Gasteiger partial charge < -0.3 is 16.0 Å². The first-order valence-electron chi connectivity index (χ1n) is 8.55. The first kappa shape index (κ1) is 18.2. The van der Waals surface area contributed by atoms with Crippen LogP contribution in [-0.4, -0.2) is 31.6 Å². The van der Waals surface area contributed by atoms with Crippen LogP contribution in [0.4, 0.5) is 16.2 Å². The second-order valence-electron chi connectivity index (χ2n) is 5.94. The number of benzene rings is 2. The Bertz CT molecular complexity index is 825. The molecule has 0 unspecified atom stereocenters. The largest absolute Gasteiger partial charge is 0.336 e. The number of rotatable bonds is 6. The summed E-state index contributed by atoms with van der Waals surface area (Å²) in [7, 11) is 0. The Balaban J connectivity index is 1.83. The molecule has 1 fully saturated rings. The van der Waals surface area contributed by atoms with E-state index in [1.165, 1.54) is 0 Å². The average Bonchev–Trinajstić information content (AvgIpc) is 3.07. The summed E-state index contributed by atoms with van der Waals surface area (Å²) in [5.41, 5.74) is 2.71. The molecule has 0 spiro atoms. The van der Waals surface area contributed by atoms with Crippen LogP contribution in [-0.2, 0) is 6.54 Å². The van der Waals surface area contributed by atoms with Crippen molar-refractivity contribution in [1.82, 2.24) is 10.6 Å². The molecule has 1 saturated heterocycles.